The molecule has 0 heterocycles. The summed E-state index contributed by atoms with van der Waals surface area (Å²) in [6.07, 6.45) is 1.10. The van der Waals surface area contributed by atoms with Gasteiger partial charge in [0.05, 0.1) is 19.1 Å². The van der Waals surface area contributed by atoms with Crippen molar-refractivity contribution in [2.24, 2.45) is 0 Å². The van der Waals surface area contributed by atoms with Crippen molar-refractivity contribution in [2.45, 2.75) is 20.8 Å². The van der Waals surface area contributed by atoms with Crippen molar-refractivity contribution in [3.8, 4) is 5.75 Å². The summed E-state index contributed by atoms with van der Waals surface area (Å²) in [6.45, 7) is 5.34. The fraction of sp³-hybridized carbons (Fsp3) is 0.316. The van der Waals surface area contributed by atoms with Gasteiger partial charge >= 0.3 is 0 Å². The lowest BCUT2D eigenvalue weighted by atomic mass is 10.1. The highest BCUT2D eigenvalue weighted by Crippen LogP contribution is 2.28. The van der Waals surface area contributed by atoms with Crippen molar-refractivity contribution in [3.63, 3.8) is 0 Å². The molecule has 2 aromatic rings. The van der Waals surface area contributed by atoms with E-state index in [0.717, 1.165) is 27.3 Å². The van der Waals surface area contributed by atoms with Crippen molar-refractivity contribution in [1.82, 2.24) is 0 Å². The van der Waals surface area contributed by atoms with Gasteiger partial charge in [-0.05, 0) is 56.2 Å². The number of carbonyl (C=O) groups excluding carboxylic acids is 1. The molecule has 0 saturated carbocycles. The first-order valence-electron chi connectivity index (χ1n) is 8.11. The summed E-state index contributed by atoms with van der Waals surface area (Å²) in [5.74, 6) is 0.256. The van der Waals surface area contributed by atoms with Crippen LogP contribution in [0.2, 0.25) is 0 Å². The van der Waals surface area contributed by atoms with Gasteiger partial charge in [0.25, 0.3) is 0 Å². The Labute approximate surface area is 154 Å². The predicted octanol–water partition coefficient (Wildman–Crippen LogP) is 3.03. The number of nitrogens with zero attached hydrogens (tertiary/aromatic N) is 1. The molecule has 7 heteroatoms. The third kappa shape index (κ3) is 4.76. The molecule has 0 fully saturated rings. The number of aryl methyl sites for hydroxylation is 3. The van der Waals surface area contributed by atoms with Gasteiger partial charge in [-0.15, -0.1) is 0 Å². The van der Waals surface area contributed by atoms with Crippen molar-refractivity contribution in [1.29, 1.82) is 0 Å². The number of sulfonamides is 1. The highest BCUT2D eigenvalue weighted by molar-refractivity contribution is 7.92. The summed E-state index contributed by atoms with van der Waals surface area (Å²) in [7, 11) is -2.06. The molecule has 140 valence electrons. The van der Waals surface area contributed by atoms with E-state index in [4.69, 9.17) is 4.74 Å². The van der Waals surface area contributed by atoms with Crippen LogP contribution in [0.25, 0.3) is 0 Å². The van der Waals surface area contributed by atoms with E-state index in [0.29, 0.717) is 17.1 Å². The van der Waals surface area contributed by atoms with E-state index >= 15 is 0 Å². The quantitative estimate of drug-likeness (QED) is 0.841. The van der Waals surface area contributed by atoms with Gasteiger partial charge < -0.3 is 10.1 Å². The van der Waals surface area contributed by atoms with Crippen LogP contribution in [-0.4, -0.2) is 34.2 Å². The summed E-state index contributed by atoms with van der Waals surface area (Å²) < 4.78 is 30.9. The van der Waals surface area contributed by atoms with Gasteiger partial charge in [-0.2, -0.15) is 0 Å². The zero-order valence-corrected chi connectivity index (χ0v) is 16.5. The van der Waals surface area contributed by atoms with Crippen LogP contribution in [0.1, 0.15) is 16.7 Å². The molecule has 0 aromatic heterocycles. The highest BCUT2D eigenvalue weighted by atomic mass is 32.2. The molecule has 0 radical (unpaired) electrons. The average Bonchev–Trinajstić information content (AvgIpc) is 2.53. The second kappa shape index (κ2) is 7.78. The van der Waals surface area contributed by atoms with E-state index < -0.39 is 15.9 Å². The van der Waals surface area contributed by atoms with E-state index in [1.54, 1.807) is 31.4 Å². The maximum Gasteiger partial charge on any atom is 0.245 e. The van der Waals surface area contributed by atoms with E-state index in [-0.39, 0.29) is 6.54 Å². The summed E-state index contributed by atoms with van der Waals surface area (Å²) in [5, 5.41) is 2.72. The smallest absolute Gasteiger partial charge is 0.245 e. The zero-order valence-electron chi connectivity index (χ0n) is 15.7. The predicted molar refractivity (Wildman–Crippen MR) is 104 cm³/mol. The zero-order chi connectivity index (χ0) is 19.5. The maximum atomic E-state index is 12.4. The molecule has 0 bridgehead atoms. The lowest BCUT2D eigenvalue weighted by molar-refractivity contribution is -0.114. The Morgan fingerprint density at radius 1 is 1.08 bits per heavy atom. The number of nitrogens with one attached hydrogen (secondary N) is 1. The largest absolute Gasteiger partial charge is 0.497 e. The molecule has 1 amide bonds. The Kier molecular flexibility index (Phi) is 5.92. The third-order valence-electron chi connectivity index (χ3n) is 3.95. The summed E-state index contributed by atoms with van der Waals surface area (Å²) in [4.78, 5) is 12.4. The fourth-order valence-electron chi connectivity index (χ4n) is 2.93. The molecular formula is C19H24N2O4S. The molecule has 0 unspecified atom stereocenters. The minimum atomic E-state index is -3.62. The van der Waals surface area contributed by atoms with Gasteiger partial charge in [0.15, 0.2) is 0 Å². The Hall–Kier alpha value is -2.54. The lowest BCUT2D eigenvalue weighted by Crippen LogP contribution is -2.38. The van der Waals surface area contributed by atoms with Gasteiger partial charge in [-0.1, -0.05) is 17.7 Å². The van der Waals surface area contributed by atoms with Gasteiger partial charge in [0.2, 0.25) is 15.9 Å². The van der Waals surface area contributed by atoms with Gasteiger partial charge in [0, 0.05) is 5.69 Å². The van der Waals surface area contributed by atoms with Crippen LogP contribution in [0.5, 0.6) is 5.75 Å². The number of anilines is 2. The number of rotatable bonds is 6. The number of ether oxygens (including phenoxy) is 1. The summed E-state index contributed by atoms with van der Waals surface area (Å²) >= 11 is 0. The number of benzene rings is 2. The molecule has 2 rings (SSSR count). The van der Waals surface area contributed by atoms with Crippen molar-refractivity contribution in [2.75, 3.05) is 29.5 Å². The highest BCUT2D eigenvalue weighted by Gasteiger charge is 2.24. The Morgan fingerprint density at radius 2 is 1.62 bits per heavy atom. The first kappa shape index (κ1) is 19.8. The molecule has 0 aliphatic carbocycles. The lowest BCUT2D eigenvalue weighted by Gasteiger charge is -2.26. The SMILES string of the molecule is COc1ccc(NC(=O)CN(c2c(C)cc(C)cc2C)S(C)(=O)=O)cc1. The van der Waals surface area contributed by atoms with Crippen molar-refractivity contribution < 1.29 is 17.9 Å². The number of methoxy groups -OCH3 is 1. The molecule has 6 nitrogen and oxygen atoms in total. The van der Waals surface area contributed by atoms with Gasteiger partial charge in [0.1, 0.15) is 12.3 Å². The van der Waals surface area contributed by atoms with E-state index in [9.17, 15) is 13.2 Å². The second-order valence-corrected chi connectivity index (χ2v) is 8.20. The normalized spacial score (nSPS) is 11.1. The number of hydrogen-bond donors (Lipinski definition) is 1. The van der Waals surface area contributed by atoms with Gasteiger partial charge in [-0.3, -0.25) is 9.10 Å². The molecular weight excluding hydrogens is 352 g/mol. The first-order valence-corrected chi connectivity index (χ1v) is 9.96. The number of carbonyl (C=O) groups is 1. The molecule has 2 aromatic carbocycles. The summed E-state index contributed by atoms with van der Waals surface area (Å²) in [5.41, 5.74) is 3.78. The van der Waals surface area contributed by atoms with E-state index in [1.807, 2.05) is 32.9 Å². The monoisotopic (exact) mass is 376 g/mol. The Balaban J connectivity index is 2.27. The summed E-state index contributed by atoms with van der Waals surface area (Å²) in [6, 6.07) is 10.6. The standard InChI is InChI=1S/C19H24N2O4S/c1-13-10-14(2)19(15(3)11-13)21(26(5,23)24)12-18(22)20-16-6-8-17(25-4)9-7-16/h6-11H,12H2,1-5H3,(H,20,22). The number of hydrogen-bond acceptors (Lipinski definition) is 4. The second-order valence-electron chi connectivity index (χ2n) is 6.29. The van der Waals surface area contributed by atoms with Crippen LogP contribution in [-0.2, 0) is 14.8 Å². The minimum Gasteiger partial charge on any atom is -0.497 e. The van der Waals surface area contributed by atoms with Gasteiger partial charge in [-0.25, -0.2) is 8.42 Å². The number of amides is 1. The molecule has 0 atom stereocenters. The van der Waals surface area contributed by atoms with Crippen LogP contribution in [0.4, 0.5) is 11.4 Å². The first-order chi connectivity index (χ1) is 12.1. The van der Waals surface area contributed by atoms with Crippen LogP contribution >= 0.6 is 0 Å². The minimum absolute atomic E-state index is 0.296. The van der Waals surface area contributed by atoms with Crippen molar-refractivity contribution in [3.05, 3.63) is 53.1 Å². The van der Waals surface area contributed by atoms with E-state index in [2.05, 4.69) is 5.32 Å². The molecule has 0 aliphatic heterocycles. The molecule has 0 spiro atoms. The molecule has 1 N–H and O–H groups in total. The van der Waals surface area contributed by atoms with Crippen LogP contribution in [0.15, 0.2) is 36.4 Å². The maximum absolute atomic E-state index is 12.4. The average molecular weight is 376 g/mol. The Bertz CT molecular complexity index is 883. The van der Waals surface area contributed by atoms with Crippen LogP contribution in [0.3, 0.4) is 0 Å². The van der Waals surface area contributed by atoms with Crippen LogP contribution < -0.4 is 14.4 Å². The molecule has 0 saturated heterocycles. The Morgan fingerprint density at radius 3 is 2.08 bits per heavy atom. The topological polar surface area (TPSA) is 75.7 Å². The van der Waals surface area contributed by atoms with Crippen LogP contribution in [0, 0.1) is 20.8 Å². The van der Waals surface area contributed by atoms with E-state index in [1.165, 1.54) is 0 Å². The molecule has 26 heavy (non-hydrogen) atoms. The third-order valence-corrected chi connectivity index (χ3v) is 5.06. The molecule has 0 aliphatic rings. The van der Waals surface area contributed by atoms with Crippen molar-refractivity contribution >= 4 is 27.3 Å². The fourth-order valence-corrected chi connectivity index (χ4v) is 3.90.